The molecule has 7 heteroatoms. The largest absolute Gasteiger partial charge is 0.497 e. The number of carbonyl (C=O) groups is 2. The van der Waals surface area contributed by atoms with Gasteiger partial charge in [0.05, 0.1) is 31.5 Å². The van der Waals surface area contributed by atoms with Gasteiger partial charge in [-0.05, 0) is 53.4 Å². The monoisotopic (exact) mass is 536 g/mol. The first-order valence-electron chi connectivity index (χ1n) is 14.0. The third kappa shape index (κ3) is 6.42. The van der Waals surface area contributed by atoms with Crippen LogP contribution in [0.15, 0.2) is 73.1 Å². The van der Waals surface area contributed by atoms with Crippen LogP contribution in [-0.4, -0.2) is 33.8 Å². The van der Waals surface area contributed by atoms with Crippen LogP contribution in [0.5, 0.6) is 5.75 Å². The molecule has 0 aliphatic carbocycles. The molecule has 5 aromatic rings. The van der Waals surface area contributed by atoms with Gasteiger partial charge < -0.3 is 20.0 Å². The number of ketones is 1. The van der Waals surface area contributed by atoms with Crippen molar-refractivity contribution in [2.24, 2.45) is 0 Å². The molecule has 2 heterocycles. The van der Waals surface area contributed by atoms with Crippen LogP contribution in [0.1, 0.15) is 62.9 Å². The minimum atomic E-state index is -0.261. The first-order chi connectivity index (χ1) is 19.5. The van der Waals surface area contributed by atoms with Crippen molar-refractivity contribution in [3.63, 3.8) is 0 Å². The fourth-order valence-electron chi connectivity index (χ4n) is 5.17. The Morgan fingerprint density at radius 3 is 2.67 bits per heavy atom. The van der Waals surface area contributed by atoms with Crippen molar-refractivity contribution in [2.75, 3.05) is 7.11 Å². The number of nitrogens with one attached hydrogen (secondary N) is 3. The molecule has 0 saturated heterocycles. The lowest BCUT2D eigenvalue weighted by Gasteiger charge is -2.17. The lowest BCUT2D eigenvalue weighted by Crippen LogP contribution is -2.30. The van der Waals surface area contributed by atoms with Gasteiger partial charge in [0, 0.05) is 35.5 Å². The molecule has 3 N–H and O–H groups in total. The summed E-state index contributed by atoms with van der Waals surface area (Å²) in [5.74, 6) is 1.72. The summed E-state index contributed by atoms with van der Waals surface area (Å²) in [5.41, 5.74) is 3.85. The molecule has 0 aliphatic heterocycles. The molecule has 0 bridgehead atoms. The molecular weight excluding hydrogens is 500 g/mol. The van der Waals surface area contributed by atoms with Crippen LogP contribution >= 0.6 is 0 Å². The van der Waals surface area contributed by atoms with Crippen molar-refractivity contribution in [1.82, 2.24) is 20.3 Å². The zero-order valence-electron chi connectivity index (χ0n) is 23.1. The average Bonchev–Trinajstić information content (AvgIpc) is 3.63. The fourth-order valence-corrected chi connectivity index (χ4v) is 5.17. The number of hydrogen-bond donors (Lipinski definition) is 3. The molecule has 0 spiro atoms. The predicted octanol–water partition coefficient (Wildman–Crippen LogP) is 7.05. The van der Waals surface area contributed by atoms with E-state index < -0.39 is 0 Å². The predicted molar refractivity (Wildman–Crippen MR) is 159 cm³/mol. The second-order valence-corrected chi connectivity index (χ2v) is 10.3. The van der Waals surface area contributed by atoms with E-state index in [4.69, 9.17) is 4.74 Å². The molecule has 1 amide bonds. The highest BCUT2D eigenvalue weighted by Gasteiger charge is 2.20. The second kappa shape index (κ2) is 12.6. The van der Waals surface area contributed by atoms with Gasteiger partial charge in [0.25, 0.3) is 0 Å². The summed E-state index contributed by atoms with van der Waals surface area (Å²) in [7, 11) is 1.64. The second-order valence-electron chi connectivity index (χ2n) is 10.3. The summed E-state index contributed by atoms with van der Waals surface area (Å²) >= 11 is 0. The summed E-state index contributed by atoms with van der Waals surface area (Å²) in [6.45, 7) is 1.90. The normalized spacial score (nSPS) is 12.1. The maximum absolute atomic E-state index is 13.3. The zero-order valence-corrected chi connectivity index (χ0v) is 23.1. The lowest BCUT2D eigenvalue weighted by molar-refractivity contribution is -0.121. The molecule has 0 radical (unpaired) electrons. The number of aromatic amines is 2. The molecule has 40 heavy (non-hydrogen) atoms. The quantitative estimate of drug-likeness (QED) is 0.140. The molecular formula is C33H36N4O3. The number of rotatable bonds is 13. The standard InChI is InChI=1S/C33H36N4O3/c1-3-26(38)11-5-4-6-12-30(36-32(39)18-25-20-34-29-16-15-27(40-2)19-28(25)29)33-35-21-31(37-33)24-14-13-22-9-7-8-10-23(22)17-24/h7-10,13-17,19-21,30,34H,3-6,11-12,18H2,1-2H3,(H,35,37)(H,36,39)/t30-/m0/s1. The van der Waals surface area contributed by atoms with Gasteiger partial charge in [-0.1, -0.05) is 56.2 Å². The number of carbonyl (C=O) groups excluding carboxylic acids is 2. The van der Waals surface area contributed by atoms with Gasteiger partial charge in [0.2, 0.25) is 5.91 Å². The molecule has 1 atom stereocenters. The Morgan fingerprint density at radius 1 is 1.00 bits per heavy atom. The summed E-state index contributed by atoms with van der Waals surface area (Å²) in [4.78, 5) is 36.4. The Morgan fingerprint density at radius 2 is 1.85 bits per heavy atom. The third-order valence-corrected chi connectivity index (χ3v) is 7.49. The third-order valence-electron chi connectivity index (χ3n) is 7.49. The highest BCUT2D eigenvalue weighted by atomic mass is 16.5. The van der Waals surface area contributed by atoms with E-state index in [0.717, 1.165) is 70.4 Å². The van der Waals surface area contributed by atoms with Gasteiger partial charge in [-0.2, -0.15) is 0 Å². The van der Waals surface area contributed by atoms with E-state index in [1.807, 2.05) is 49.6 Å². The van der Waals surface area contributed by atoms with Crippen LogP contribution in [0, 0.1) is 0 Å². The number of amides is 1. The molecule has 2 aromatic heterocycles. The number of aromatic nitrogens is 3. The minimum absolute atomic E-state index is 0.0708. The van der Waals surface area contributed by atoms with Gasteiger partial charge in [0.1, 0.15) is 17.4 Å². The first-order valence-corrected chi connectivity index (χ1v) is 14.0. The van der Waals surface area contributed by atoms with E-state index in [-0.39, 0.29) is 18.4 Å². The Hall–Kier alpha value is -4.39. The molecule has 3 aromatic carbocycles. The van der Waals surface area contributed by atoms with Crippen LogP contribution in [0.25, 0.3) is 32.9 Å². The lowest BCUT2D eigenvalue weighted by atomic mass is 10.0. The summed E-state index contributed by atoms with van der Waals surface area (Å²) in [6, 6.07) is 20.2. The van der Waals surface area contributed by atoms with Crippen LogP contribution < -0.4 is 10.1 Å². The van der Waals surface area contributed by atoms with Crippen LogP contribution in [0.4, 0.5) is 0 Å². The number of Topliss-reactive ketones (excluding diaryl/α,β-unsaturated/α-hetero) is 1. The molecule has 5 rings (SSSR count). The number of hydrogen-bond acceptors (Lipinski definition) is 4. The van der Waals surface area contributed by atoms with Crippen LogP contribution in [0.3, 0.4) is 0 Å². The minimum Gasteiger partial charge on any atom is -0.497 e. The number of benzene rings is 3. The van der Waals surface area contributed by atoms with Gasteiger partial charge in [-0.25, -0.2) is 4.98 Å². The summed E-state index contributed by atoms with van der Waals surface area (Å²) in [6.07, 6.45) is 8.58. The van der Waals surface area contributed by atoms with Crippen molar-refractivity contribution in [1.29, 1.82) is 0 Å². The van der Waals surface area contributed by atoms with Crippen LogP contribution in [-0.2, 0) is 16.0 Å². The van der Waals surface area contributed by atoms with Gasteiger partial charge in [-0.3, -0.25) is 9.59 Å². The van der Waals surface area contributed by atoms with Crippen molar-refractivity contribution in [3.8, 4) is 17.0 Å². The highest BCUT2D eigenvalue weighted by molar-refractivity contribution is 5.90. The number of ether oxygens (including phenoxy) is 1. The van der Waals surface area contributed by atoms with Gasteiger partial charge >= 0.3 is 0 Å². The van der Waals surface area contributed by atoms with Gasteiger partial charge in [-0.15, -0.1) is 0 Å². The van der Waals surface area contributed by atoms with Gasteiger partial charge in [0.15, 0.2) is 0 Å². The van der Waals surface area contributed by atoms with Crippen molar-refractivity contribution in [3.05, 3.63) is 84.4 Å². The molecule has 7 nitrogen and oxygen atoms in total. The van der Waals surface area contributed by atoms with E-state index in [0.29, 0.717) is 18.6 Å². The maximum Gasteiger partial charge on any atom is 0.225 e. The van der Waals surface area contributed by atoms with Crippen molar-refractivity contribution < 1.29 is 14.3 Å². The number of imidazole rings is 1. The molecule has 0 aliphatic rings. The van der Waals surface area contributed by atoms with E-state index >= 15 is 0 Å². The first kappa shape index (κ1) is 27.2. The zero-order chi connectivity index (χ0) is 27.9. The number of methoxy groups -OCH3 is 1. The average molecular weight is 537 g/mol. The number of H-pyrrole nitrogens is 2. The SMILES string of the molecule is CCC(=O)CCCCC[C@H](NC(=O)Cc1c[nH]c2ccc(OC)cc12)c1ncc(-c2ccc3ccccc3c2)[nH]1. The highest BCUT2D eigenvalue weighted by Crippen LogP contribution is 2.27. The molecule has 206 valence electrons. The Bertz CT molecular complexity index is 1620. The summed E-state index contributed by atoms with van der Waals surface area (Å²) in [5, 5.41) is 6.55. The van der Waals surface area contributed by atoms with E-state index in [1.165, 1.54) is 5.39 Å². The molecule has 0 unspecified atom stereocenters. The number of nitrogens with zero attached hydrogens (tertiary/aromatic N) is 1. The van der Waals surface area contributed by atoms with Crippen molar-refractivity contribution >= 4 is 33.4 Å². The van der Waals surface area contributed by atoms with E-state index in [9.17, 15) is 9.59 Å². The Kier molecular flexibility index (Phi) is 8.59. The Labute approximate surface area is 234 Å². The van der Waals surface area contributed by atoms with E-state index in [1.54, 1.807) is 7.11 Å². The van der Waals surface area contributed by atoms with Crippen LogP contribution in [0.2, 0.25) is 0 Å². The number of unbranched alkanes of at least 4 members (excludes halogenated alkanes) is 2. The fraction of sp³-hybridized carbons (Fsp3) is 0.303. The van der Waals surface area contributed by atoms with Crippen molar-refractivity contribution in [2.45, 2.75) is 57.9 Å². The number of fused-ring (bicyclic) bond motifs is 2. The smallest absolute Gasteiger partial charge is 0.225 e. The summed E-state index contributed by atoms with van der Waals surface area (Å²) < 4.78 is 5.37. The maximum atomic E-state index is 13.3. The molecule has 0 fully saturated rings. The topological polar surface area (TPSA) is 99.9 Å². The Balaban J connectivity index is 1.32. The molecule has 0 saturated carbocycles. The van der Waals surface area contributed by atoms with E-state index in [2.05, 4.69) is 50.6 Å².